The Bertz CT molecular complexity index is 709. The van der Waals surface area contributed by atoms with Crippen molar-refractivity contribution in [2.45, 2.75) is 27.3 Å². The first-order valence-electron chi connectivity index (χ1n) is 5.97. The molecule has 18 heavy (non-hydrogen) atoms. The summed E-state index contributed by atoms with van der Waals surface area (Å²) >= 11 is 1.70. The molecule has 92 valence electrons. The van der Waals surface area contributed by atoms with E-state index in [-0.39, 0.29) is 0 Å². The van der Waals surface area contributed by atoms with Crippen molar-refractivity contribution < 1.29 is 0 Å². The standard InChI is InChI=1S/C14H15N3S/c1-9-10(2)17(7-12-8-18-11(3)16-12)14-6-15-5-4-13(9)14/h4-6,8H,7H2,1-3H3. The van der Waals surface area contributed by atoms with Gasteiger partial charge < -0.3 is 4.57 Å². The first kappa shape index (κ1) is 11.4. The third-order valence-electron chi connectivity index (χ3n) is 3.43. The molecule has 3 rings (SSSR count). The van der Waals surface area contributed by atoms with Crippen molar-refractivity contribution in [1.82, 2.24) is 14.5 Å². The summed E-state index contributed by atoms with van der Waals surface area (Å²) in [5, 5.41) is 4.54. The molecule has 0 atom stereocenters. The zero-order valence-electron chi connectivity index (χ0n) is 10.8. The van der Waals surface area contributed by atoms with Gasteiger partial charge in [-0.1, -0.05) is 0 Å². The Morgan fingerprint density at radius 2 is 2.11 bits per heavy atom. The Morgan fingerprint density at radius 1 is 1.28 bits per heavy atom. The van der Waals surface area contributed by atoms with E-state index in [4.69, 9.17) is 0 Å². The number of thiazole rings is 1. The number of rotatable bonds is 2. The molecule has 4 heteroatoms. The van der Waals surface area contributed by atoms with Gasteiger partial charge in [0.25, 0.3) is 0 Å². The van der Waals surface area contributed by atoms with E-state index in [9.17, 15) is 0 Å². The summed E-state index contributed by atoms with van der Waals surface area (Å²) in [6.07, 6.45) is 3.79. The molecule has 3 nitrogen and oxygen atoms in total. The Labute approximate surface area is 110 Å². The first-order valence-corrected chi connectivity index (χ1v) is 6.85. The predicted molar refractivity (Wildman–Crippen MR) is 75.2 cm³/mol. The summed E-state index contributed by atoms with van der Waals surface area (Å²) in [6.45, 7) is 7.20. The van der Waals surface area contributed by atoms with E-state index in [1.165, 1.54) is 22.2 Å². The van der Waals surface area contributed by atoms with Crippen molar-refractivity contribution >= 4 is 22.2 Å². The molecule has 0 N–H and O–H groups in total. The van der Waals surface area contributed by atoms with Crippen LogP contribution in [0.25, 0.3) is 10.9 Å². The smallest absolute Gasteiger partial charge is 0.0898 e. The molecule has 0 spiro atoms. The van der Waals surface area contributed by atoms with E-state index in [0.29, 0.717) is 0 Å². The highest BCUT2D eigenvalue weighted by Crippen LogP contribution is 2.25. The van der Waals surface area contributed by atoms with Gasteiger partial charge in [0.2, 0.25) is 0 Å². The average molecular weight is 257 g/mol. The fourth-order valence-corrected chi connectivity index (χ4v) is 2.95. The van der Waals surface area contributed by atoms with Gasteiger partial charge >= 0.3 is 0 Å². The minimum Gasteiger partial charge on any atom is -0.337 e. The van der Waals surface area contributed by atoms with Crippen LogP contribution in [0.3, 0.4) is 0 Å². The topological polar surface area (TPSA) is 30.7 Å². The molecular weight excluding hydrogens is 242 g/mol. The van der Waals surface area contributed by atoms with Crippen LogP contribution in [0, 0.1) is 20.8 Å². The van der Waals surface area contributed by atoms with Gasteiger partial charge in [-0.25, -0.2) is 4.98 Å². The average Bonchev–Trinajstić information content (AvgIpc) is 2.88. The van der Waals surface area contributed by atoms with Crippen molar-refractivity contribution in [2.24, 2.45) is 0 Å². The Morgan fingerprint density at radius 3 is 2.83 bits per heavy atom. The summed E-state index contributed by atoms with van der Waals surface area (Å²) in [5.74, 6) is 0. The van der Waals surface area contributed by atoms with Gasteiger partial charge in [0.1, 0.15) is 0 Å². The summed E-state index contributed by atoms with van der Waals surface area (Å²) in [5.41, 5.74) is 4.95. The van der Waals surface area contributed by atoms with Gasteiger partial charge in [-0.15, -0.1) is 11.3 Å². The van der Waals surface area contributed by atoms with Gasteiger partial charge in [-0.05, 0) is 32.4 Å². The van der Waals surface area contributed by atoms with Gasteiger partial charge in [0, 0.05) is 22.7 Å². The highest BCUT2D eigenvalue weighted by molar-refractivity contribution is 7.09. The molecule has 0 aliphatic rings. The predicted octanol–water partition coefficient (Wildman–Crippen LogP) is 3.47. The number of aryl methyl sites for hydroxylation is 2. The fourth-order valence-electron chi connectivity index (χ4n) is 2.34. The molecule has 0 bridgehead atoms. The summed E-state index contributed by atoms with van der Waals surface area (Å²) < 4.78 is 2.30. The van der Waals surface area contributed by atoms with Gasteiger partial charge in [-0.3, -0.25) is 4.98 Å². The van der Waals surface area contributed by atoms with Gasteiger partial charge in [-0.2, -0.15) is 0 Å². The van der Waals surface area contributed by atoms with E-state index in [2.05, 4.69) is 39.8 Å². The number of aromatic nitrogens is 3. The van der Waals surface area contributed by atoms with Crippen LogP contribution in [-0.2, 0) is 6.54 Å². The van der Waals surface area contributed by atoms with Crippen LogP contribution in [0.4, 0.5) is 0 Å². The fraction of sp³-hybridized carbons (Fsp3) is 0.286. The van der Waals surface area contributed by atoms with Crippen LogP contribution in [-0.4, -0.2) is 14.5 Å². The maximum absolute atomic E-state index is 4.54. The molecule has 0 unspecified atom stereocenters. The number of nitrogens with zero attached hydrogens (tertiary/aromatic N) is 3. The van der Waals surface area contributed by atoms with Crippen molar-refractivity contribution in [3.8, 4) is 0 Å². The van der Waals surface area contributed by atoms with E-state index in [1.807, 2.05) is 19.3 Å². The van der Waals surface area contributed by atoms with Crippen molar-refractivity contribution in [2.75, 3.05) is 0 Å². The second kappa shape index (κ2) is 4.21. The Balaban J connectivity index is 2.14. The molecule has 3 heterocycles. The first-order chi connectivity index (χ1) is 8.66. The molecule has 0 saturated carbocycles. The molecule has 0 amide bonds. The lowest BCUT2D eigenvalue weighted by molar-refractivity contribution is 0.779. The highest BCUT2D eigenvalue weighted by Gasteiger charge is 2.11. The maximum Gasteiger partial charge on any atom is 0.0898 e. The quantitative estimate of drug-likeness (QED) is 0.704. The minimum atomic E-state index is 0.826. The molecule has 0 aliphatic carbocycles. The number of hydrogen-bond donors (Lipinski definition) is 0. The van der Waals surface area contributed by atoms with Crippen LogP contribution in [0.2, 0.25) is 0 Å². The van der Waals surface area contributed by atoms with Crippen LogP contribution < -0.4 is 0 Å². The molecule has 0 saturated heterocycles. The van der Waals surface area contributed by atoms with E-state index >= 15 is 0 Å². The van der Waals surface area contributed by atoms with Crippen LogP contribution in [0.1, 0.15) is 22.0 Å². The summed E-state index contributed by atoms with van der Waals surface area (Å²) in [7, 11) is 0. The van der Waals surface area contributed by atoms with Gasteiger partial charge in [0.05, 0.1) is 29.0 Å². The lowest BCUT2D eigenvalue weighted by atomic mass is 10.2. The largest absolute Gasteiger partial charge is 0.337 e. The molecule has 0 aliphatic heterocycles. The van der Waals surface area contributed by atoms with Crippen LogP contribution >= 0.6 is 11.3 Å². The molecule has 3 aromatic rings. The highest BCUT2D eigenvalue weighted by atomic mass is 32.1. The van der Waals surface area contributed by atoms with E-state index in [0.717, 1.165) is 17.2 Å². The van der Waals surface area contributed by atoms with Crippen molar-refractivity contribution in [3.05, 3.63) is 45.8 Å². The Kier molecular flexibility index (Phi) is 2.67. The second-order valence-corrected chi connectivity index (χ2v) is 5.61. The van der Waals surface area contributed by atoms with E-state index in [1.54, 1.807) is 11.3 Å². The van der Waals surface area contributed by atoms with Crippen molar-refractivity contribution in [1.29, 1.82) is 0 Å². The Hall–Kier alpha value is -1.68. The van der Waals surface area contributed by atoms with E-state index < -0.39 is 0 Å². The molecule has 0 fully saturated rings. The van der Waals surface area contributed by atoms with Crippen LogP contribution in [0.15, 0.2) is 23.8 Å². The molecule has 0 radical (unpaired) electrons. The second-order valence-electron chi connectivity index (χ2n) is 4.55. The lowest BCUT2D eigenvalue weighted by Gasteiger charge is -2.05. The van der Waals surface area contributed by atoms with Crippen LogP contribution in [0.5, 0.6) is 0 Å². The lowest BCUT2D eigenvalue weighted by Crippen LogP contribution is -2.02. The normalized spacial score (nSPS) is 11.3. The number of pyridine rings is 1. The maximum atomic E-state index is 4.54. The SMILES string of the molecule is Cc1nc(Cn2c(C)c(C)c3ccncc32)cs1. The molecule has 0 aromatic carbocycles. The zero-order valence-corrected chi connectivity index (χ0v) is 11.6. The third-order valence-corrected chi connectivity index (χ3v) is 4.25. The third kappa shape index (κ3) is 1.73. The summed E-state index contributed by atoms with van der Waals surface area (Å²) in [6, 6.07) is 2.08. The molecule has 3 aromatic heterocycles. The number of hydrogen-bond acceptors (Lipinski definition) is 3. The minimum absolute atomic E-state index is 0.826. The number of fused-ring (bicyclic) bond motifs is 1. The van der Waals surface area contributed by atoms with Gasteiger partial charge in [0.15, 0.2) is 0 Å². The summed E-state index contributed by atoms with van der Waals surface area (Å²) in [4.78, 5) is 8.78. The zero-order chi connectivity index (χ0) is 12.7. The monoisotopic (exact) mass is 257 g/mol. The molecular formula is C14H15N3S. The van der Waals surface area contributed by atoms with Crippen molar-refractivity contribution in [3.63, 3.8) is 0 Å².